The minimum absolute atomic E-state index is 0. The van der Waals surface area contributed by atoms with Crippen LogP contribution in [0, 0.1) is 5.41 Å². The van der Waals surface area contributed by atoms with Gasteiger partial charge in [0.15, 0.2) is 0 Å². The zero-order valence-electron chi connectivity index (χ0n) is 21.1. The molecule has 2 heterocycles. The molecule has 1 aromatic heterocycles. The Kier molecular flexibility index (Phi) is 10.1. The zero-order chi connectivity index (χ0) is 25.0. The summed E-state index contributed by atoms with van der Waals surface area (Å²) in [7, 11) is 0. The second-order valence-corrected chi connectivity index (χ2v) is 11.2. The smallest absolute Gasteiger partial charge is 0.316 e. The van der Waals surface area contributed by atoms with Crippen molar-refractivity contribution in [3.05, 3.63) is 51.8 Å². The number of nitrogens with zero attached hydrogens (tertiary/aromatic N) is 3. The van der Waals surface area contributed by atoms with Crippen molar-refractivity contribution >= 4 is 44.5 Å². The van der Waals surface area contributed by atoms with Crippen molar-refractivity contribution < 1.29 is 18.7 Å². The first-order valence-electron chi connectivity index (χ1n) is 12.3. The topological polar surface area (TPSA) is 64.6 Å². The van der Waals surface area contributed by atoms with E-state index in [1.165, 1.54) is 0 Å². The monoisotopic (exact) mass is 625 g/mol. The predicted molar refractivity (Wildman–Crippen MR) is 148 cm³/mol. The van der Waals surface area contributed by atoms with Crippen molar-refractivity contribution in [3.8, 4) is 11.8 Å². The SMILES string of the molecule is Br.CC(C)(C)C(=O)Oc1ccc2c(c1)CCCC(Br)=C2c1cnc(O[C@H]2CCN(CCCF)C2)nc1. The number of esters is 1. The number of hydrogen-bond acceptors (Lipinski definition) is 6. The Labute approximate surface area is 231 Å². The van der Waals surface area contributed by atoms with Crippen molar-refractivity contribution in [1.29, 1.82) is 0 Å². The molecule has 36 heavy (non-hydrogen) atoms. The largest absolute Gasteiger partial charge is 0.459 e. The molecule has 4 rings (SSSR count). The second-order valence-electron chi connectivity index (χ2n) is 10.2. The fraction of sp³-hybridized carbons (Fsp3) is 0.519. The number of aromatic nitrogens is 2. The maximum Gasteiger partial charge on any atom is 0.316 e. The maximum absolute atomic E-state index is 12.4. The molecule has 0 saturated carbocycles. The molecule has 0 radical (unpaired) electrons. The number of likely N-dealkylation sites (tertiary alicyclic amines) is 1. The Hall–Kier alpha value is -1.84. The number of carbonyl (C=O) groups is 1. The molecule has 0 N–H and O–H groups in total. The van der Waals surface area contributed by atoms with E-state index in [1.807, 2.05) is 39.0 Å². The molecular formula is C27H34Br2FN3O3. The lowest BCUT2D eigenvalue weighted by molar-refractivity contribution is -0.143. The van der Waals surface area contributed by atoms with Crippen LogP contribution in [0.1, 0.15) is 63.1 Å². The van der Waals surface area contributed by atoms with E-state index in [-0.39, 0.29) is 35.7 Å². The van der Waals surface area contributed by atoms with Gasteiger partial charge in [-0.1, -0.05) is 22.0 Å². The van der Waals surface area contributed by atoms with Gasteiger partial charge >= 0.3 is 12.0 Å². The number of aryl methyl sites for hydroxylation is 1. The Balaban J connectivity index is 0.00000361. The number of ether oxygens (including phenoxy) is 2. The standard InChI is InChI=1S/C27H33BrFN3O3.BrH/c1-27(2,3)25(33)34-20-8-9-22-18(14-20)6-4-7-23(28)24(22)19-15-30-26(31-16-19)35-21-10-13-32(17-21)12-5-11-29;/h8-9,14-16,21H,4-7,10-13,17H2,1-3H3;1H/t21-;/m0./s1. The summed E-state index contributed by atoms with van der Waals surface area (Å²) in [5.74, 6) is 0.318. The van der Waals surface area contributed by atoms with Gasteiger partial charge in [-0.05, 0) is 76.1 Å². The highest BCUT2D eigenvalue weighted by molar-refractivity contribution is 9.11. The van der Waals surface area contributed by atoms with E-state index in [0.29, 0.717) is 18.2 Å². The first-order chi connectivity index (χ1) is 16.7. The molecule has 1 aromatic carbocycles. The molecule has 0 bridgehead atoms. The molecule has 9 heteroatoms. The van der Waals surface area contributed by atoms with Gasteiger partial charge in [0.25, 0.3) is 0 Å². The van der Waals surface area contributed by atoms with Gasteiger partial charge < -0.3 is 9.47 Å². The molecule has 2 aromatic rings. The summed E-state index contributed by atoms with van der Waals surface area (Å²) in [4.78, 5) is 23.5. The van der Waals surface area contributed by atoms with E-state index in [4.69, 9.17) is 9.47 Å². The number of fused-ring (bicyclic) bond motifs is 1. The van der Waals surface area contributed by atoms with E-state index >= 15 is 0 Å². The number of hydrogen-bond donors (Lipinski definition) is 0. The van der Waals surface area contributed by atoms with Gasteiger partial charge in [0.05, 0.1) is 12.1 Å². The Morgan fingerprint density at radius 3 is 2.67 bits per heavy atom. The van der Waals surface area contributed by atoms with Crippen molar-refractivity contribution in [2.24, 2.45) is 5.41 Å². The summed E-state index contributed by atoms with van der Waals surface area (Å²) in [5.41, 5.74) is 3.61. The van der Waals surface area contributed by atoms with Gasteiger partial charge in [0.2, 0.25) is 0 Å². The van der Waals surface area contributed by atoms with Crippen LogP contribution in [-0.4, -0.2) is 53.2 Å². The quantitative estimate of drug-likeness (QED) is 0.265. The summed E-state index contributed by atoms with van der Waals surface area (Å²) in [6, 6.07) is 6.19. The van der Waals surface area contributed by atoms with Gasteiger partial charge in [-0.2, -0.15) is 0 Å². The summed E-state index contributed by atoms with van der Waals surface area (Å²) in [5, 5.41) is 0. The van der Waals surface area contributed by atoms with Gasteiger partial charge in [0.1, 0.15) is 11.9 Å². The molecule has 0 unspecified atom stereocenters. The molecule has 0 amide bonds. The molecule has 196 valence electrons. The van der Waals surface area contributed by atoms with E-state index in [9.17, 15) is 9.18 Å². The van der Waals surface area contributed by atoms with E-state index in [1.54, 1.807) is 12.4 Å². The van der Waals surface area contributed by atoms with Gasteiger partial charge in [-0.25, -0.2) is 9.97 Å². The molecule has 2 aliphatic rings. The van der Waals surface area contributed by atoms with Gasteiger partial charge in [-0.15, -0.1) is 17.0 Å². The third-order valence-electron chi connectivity index (χ3n) is 6.31. The molecule has 1 atom stereocenters. The van der Waals surface area contributed by atoms with Crippen molar-refractivity contribution in [2.75, 3.05) is 26.3 Å². The first kappa shape index (κ1) is 28.7. The molecule has 1 aliphatic heterocycles. The van der Waals surface area contributed by atoms with Crippen LogP contribution in [0.5, 0.6) is 11.8 Å². The average molecular weight is 627 g/mol. The van der Waals surface area contributed by atoms with Crippen LogP contribution in [0.2, 0.25) is 0 Å². The number of benzene rings is 1. The van der Waals surface area contributed by atoms with Crippen LogP contribution < -0.4 is 9.47 Å². The maximum atomic E-state index is 12.4. The van der Waals surface area contributed by atoms with Crippen LogP contribution in [0.15, 0.2) is 35.1 Å². The third kappa shape index (κ3) is 7.13. The third-order valence-corrected chi connectivity index (χ3v) is 7.10. The molecule has 1 fully saturated rings. The fourth-order valence-electron chi connectivity index (χ4n) is 4.40. The lowest BCUT2D eigenvalue weighted by atomic mass is 9.95. The van der Waals surface area contributed by atoms with Gasteiger partial charge in [0, 0.05) is 47.6 Å². The average Bonchev–Trinajstić information content (AvgIpc) is 3.19. The molecule has 0 spiro atoms. The number of alkyl halides is 1. The zero-order valence-corrected chi connectivity index (χ0v) is 24.4. The van der Waals surface area contributed by atoms with Crippen molar-refractivity contribution in [1.82, 2.24) is 14.9 Å². The van der Waals surface area contributed by atoms with E-state index in [2.05, 4.69) is 30.8 Å². The highest BCUT2D eigenvalue weighted by Crippen LogP contribution is 2.39. The summed E-state index contributed by atoms with van der Waals surface area (Å²) in [6.07, 6.45) is 7.85. The van der Waals surface area contributed by atoms with Crippen LogP contribution in [0.3, 0.4) is 0 Å². The number of rotatable bonds is 7. The Bertz CT molecular complexity index is 1090. The van der Waals surface area contributed by atoms with Crippen molar-refractivity contribution in [2.45, 2.75) is 59.0 Å². The first-order valence-corrected chi connectivity index (χ1v) is 13.1. The van der Waals surface area contributed by atoms with Crippen LogP contribution in [-0.2, 0) is 11.2 Å². The Morgan fingerprint density at radius 2 is 1.97 bits per heavy atom. The highest BCUT2D eigenvalue weighted by Gasteiger charge is 2.26. The Morgan fingerprint density at radius 1 is 1.22 bits per heavy atom. The van der Waals surface area contributed by atoms with Crippen LogP contribution in [0.4, 0.5) is 4.39 Å². The minimum Gasteiger partial charge on any atom is -0.459 e. The molecule has 1 saturated heterocycles. The second kappa shape index (κ2) is 12.6. The minimum atomic E-state index is -0.562. The fourth-order valence-corrected chi connectivity index (χ4v) is 5.12. The lowest BCUT2D eigenvalue weighted by Gasteiger charge is -2.18. The lowest BCUT2D eigenvalue weighted by Crippen LogP contribution is -2.26. The molecule has 6 nitrogen and oxygen atoms in total. The van der Waals surface area contributed by atoms with E-state index in [0.717, 1.165) is 72.1 Å². The van der Waals surface area contributed by atoms with Crippen molar-refractivity contribution in [3.63, 3.8) is 0 Å². The molecular weight excluding hydrogens is 593 g/mol. The predicted octanol–water partition coefficient (Wildman–Crippen LogP) is 6.31. The number of allylic oxidation sites excluding steroid dienone is 1. The van der Waals surface area contributed by atoms with E-state index < -0.39 is 5.41 Å². The summed E-state index contributed by atoms with van der Waals surface area (Å²) < 4.78 is 25.2. The van der Waals surface area contributed by atoms with Crippen LogP contribution >= 0.6 is 32.9 Å². The summed E-state index contributed by atoms with van der Waals surface area (Å²) in [6.45, 7) is 7.70. The summed E-state index contributed by atoms with van der Waals surface area (Å²) >= 11 is 3.79. The van der Waals surface area contributed by atoms with Gasteiger partial charge in [-0.3, -0.25) is 14.1 Å². The normalized spacial score (nSPS) is 18.3. The number of carbonyl (C=O) groups excluding carboxylic acids is 1. The number of halogens is 3. The highest BCUT2D eigenvalue weighted by atomic mass is 79.9. The molecule has 1 aliphatic carbocycles. The van der Waals surface area contributed by atoms with Crippen LogP contribution in [0.25, 0.3) is 5.57 Å².